The van der Waals surface area contributed by atoms with Crippen molar-refractivity contribution in [1.82, 2.24) is 4.90 Å². The molecule has 1 fully saturated rings. The van der Waals surface area contributed by atoms with Crippen LogP contribution in [-0.4, -0.2) is 30.4 Å². The van der Waals surface area contributed by atoms with Crippen LogP contribution in [-0.2, 0) is 4.79 Å². The molecule has 0 aromatic carbocycles. The Hall–Kier alpha value is -0.280. The molecule has 0 aromatic heterocycles. The molecule has 1 heterocycles. The molecular formula is C13H27ClN2O. The van der Waals surface area contributed by atoms with E-state index >= 15 is 0 Å². The van der Waals surface area contributed by atoms with Gasteiger partial charge in [-0.25, -0.2) is 0 Å². The summed E-state index contributed by atoms with van der Waals surface area (Å²) in [6.07, 6.45) is 5.46. The minimum atomic E-state index is 0. The van der Waals surface area contributed by atoms with Gasteiger partial charge < -0.3 is 10.6 Å². The van der Waals surface area contributed by atoms with E-state index in [0.29, 0.717) is 11.8 Å². The van der Waals surface area contributed by atoms with E-state index in [1.165, 1.54) is 12.8 Å². The Morgan fingerprint density at radius 1 is 1.47 bits per heavy atom. The minimum absolute atomic E-state index is 0. The Bertz CT molecular complexity index is 219. The predicted octanol–water partition coefficient (Wildman–Crippen LogP) is 2.43. The Morgan fingerprint density at radius 2 is 2.18 bits per heavy atom. The molecule has 1 rings (SSSR count). The van der Waals surface area contributed by atoms with Gasteiger partial charge in [-0.2, -0.15) is 0 Å². The van der Waals surface area contributed by atoms with E-state index in [9.17, 15) is 4.79 Å². The maximum Gasteiger partial charge on any atom is 0.225 e. The molecule has 17 heavy (non-hydrogen) atoms. The molecule has 1 aliphatic rings. The molecule has 2 atom stereocenters. The van der Waals surface area contributed by atoms with Gasteiger partial charge in [-0.05, 0) is 31.7 Å². The first-order chi connectivity index (χ1) is 7.72. The van der Waals surface area contributed by atoms with Crippen molar-refractivity contribution in [2.24, 2.45) is 17.6 Å². The first kappa shape index (κ1) is 16.7. The summed E-state index contributed by atoms with van der Waals surface area (Å²) in [4.78, 5) is 14.3. The number of likely N-dealkylation sites (tertiary alicyclic amines) is 1. The number of hydrogen-bond donors (Lipinski definition) is 1. The van der Waals surface area contributed by atoms with Gasteiger partial charge >= 0.3 is 0 Å². The third-order valence-electron chi connectivity index (χ3n) is 3.68. The standard InChI is InChI=1S/C13H26N2O.ClH/c1-3-5-6-12(4-2)13(16)15-8-7-11(9-14)10-15;/h11-12H,3-10,14H2,1-2H3;1H. The molecule has 4 heteroatoms. The Labute approximate surface area is 112 Å². The summed E-state index contributed by atoms with van der Waals surface area (Å²) >= 11 is 0. The lowest BCUT2D eigenvalue weighted by atomic mass is 9.98. The SMILES string of the molecule is CCCCC(CC)C(=O)N1CCC(CN)C1.Cl. The van der Waals surface area contributed by atoms with Gasteiger partial charge in [0.05, 0.1) is 0 Å². The van der Waals surface area contributed by atoms with E-state index in [-0.39, 0.29) is 18.3 Å². The molecule has 3 nitrogen and oxygen atoms in total. The summed E-state index contributed by atoms with van der Waals surface area (Å²) in [5.74, 6) is 1.15. The van der Waals surface area contributed by atoms with Gasteiger partial charge in [-0.3, -0.25) is 4.79 Å². The Kier molecular flexibility index (Phi) is 8.61. The van der Waals surface area contributed by atoms with Crippen LogP contribution in [0.5, 0.6) is 0 Å². The molecule has 1 amide bonds. The van der Waals surface area contributed by atoms with Crippen LogP contribution in [0.15, 0.2) is 0 Å². The molecule has 0 spiro atoms. The number of hydrogen-bond acceptors (Lipinski definition) is 2. The Balaban J connectivity index is 0.00000256. The van der Waals surface area contributed by atoms with Crippen LogP contribution in [0.25, 0.3) is 0 Å². The van der Waals surface area contributed by atoms with E-state index in [0.717, 1.165) is 38.9 Å². The quantitative estimate of drug-likeness (QED) is 0.799. The van der Waals surface area contributed by atoms with Gasteiger partial charge in [0.2, 0.25) is 5.91 Å². The van der Waals surface area contributed by atoms with Gasteiger partial charge in [0.25, 0.3) is 0 Å². The first-order valence-electron chi connectivity index (χ1n) is 6.71. The van der Waals surface area contributed by atoms with Crippen LogP contribution in [0.1, 0.15) is 46.0 Å². The second kappa shape index (κ2) is 8.76. The van der Waals surface area contributed by atoms with Gasteiger partial charge in [0, 0.05) is 19.0 Å². The highest BCUT2D eigenvalue weighted by Crippen LogP contribution is 2.21. The van der Waals surface area contributed by atoms with E-state index in [2.05, 4.69) is 13.8 Å². The summed E-state index contributed by atoms with van der Waals surface area (Å²) in [5.41, 5.74) is 5.65. The fourth-order valence-electron chi connectivity index (χ4n) is 2.44. The molecule has 0 aliphatic carbocycles. The fourth-order valence-corrected chi connectivity index (χ4v) is 2.44. The molecular weight excluding hydrogens is 236 g/mol. The van der Waals surface area contributed by atoms with Crippen LogP contribution in [0.2, 0.25) is 0 Å². The highest BCUT2D eigenvalue weighted by molar-refractivity contribution is 5.85. The van der Waals surface area contributed by atoms with Crippen molar-refractivity contribution in [2.75, 3.05) is 19.6 Å². The summed E-state index contributed by atoms with van der Waals surface area (Å²) < 4.78 is 0. The summed E-state index contributed by atoms with van der Waals surface area (Å²) in [6, 6.07) is 0. The van der Waals surface area contributed by atoms with Crippen molar-refractivity contribution < 1.29 is 4.79 Å². The lowest BCUT2D eigenvalue weighted by Gasteiger charge is -2.22. The maximum atomic E-state index is 12.2. The van der Waals surface area contributed by atoms with Crippen molar-refractivity contribution >= 4 is 18.3 Å². The molecule has 0 radical (unpaired) electrons. The smallest absolute Gasteiger partial charge is 0.225 e. The number of halogens is 1. The minimum Gasteiger partial charge on any atom is -0.342 e. The van der Waals surface area contributed by atoms with Crippen molar-refractivity contribution in [1.29, 1.82) is 0 Å². The highest BCUT2D eigenvalue weighted by atomic mass is 35.5. The lowest BCUT2D eigenvalue weighted by Crippen LogP contribution is -2.35. The Morgan fingerprint density at radius 3 is 2.65 bits per heavy atom. The first-order valence-corrected chi connectivity index (χ1v) is 6.71. The second-order valence-corrected chi connectivity index (χ2v) is 4.92. The van der Waals surface area contributed by atoms with Gasteiger partial charge in [0.1, 0.15) is 0 Å². The van der Waals surface area contributed by atoms with Crippen molar-refractivity contribution in [3.63, 3.8) is 0 Å². The molecule has 0 aromatic rings. The van der Waals surface area contributed by atoms with E-state index < -0.39 is 0 Å². The zero-order valence-corrected chi connectivity index (χ0v) is 12.0. The lowest BCUT2D eigenvalue weighted by molar-refractivity contribution is -0.134. The summed E-state index contributed by atoms with van der Waals surface area (Å²) in [5, 5.41) is 0. The molecule has 2 N–H and O–H groups in total. The summed E-state index contributed by atoms with van der Waals surface area (Å²) in [7, 11) is 0. The number of nitrogens with zero attached hydrogens (tertiary/aromatic N) is 1. The van der Waals surface area contributed by atoms with E-state index in [1.54, 1.807) is 0 Å². The molecule has 1 saturated heterocycles. The normalized spacial score (nSPS) is 21.1. The zero-order chi connectivity index (χ0) is 12.0. The highest BCUT2D eigenvalue weighted by Gasteiger charge is 2.28. The summed E-state index contributed by atoms with van der Waals surface area (Å²) in [6.45, 7) is 6.82. The van der Waals surface area contributed by atoms with Crippen LogP contribution in [0.4, 0.5) is 0 Å². The fraction of sp³-hybridized carbons (Fsp3) is 0.923. The molecule has 1 aliphatic heterocycles. The zero-order valence-electron chi connectivity index (χ0n) is 11.2. The van der Waals surface area contributed by atoms with Crippen LogP contribution in [0.3, 0.4) is 0 Å². The van der Waals surface area contributed by atoms with Gasteiger partial charge in [-0.15, -0.1) is 12.4 Å². The number of amides is 1. The van der Waals surface area contributed by atoms with Crippen molar-refractivity contribution in [2.45, 2.75) is 46.0 Å². The third kappa shape index (κ3) is 4.84. The van der Waals surface area contributed by atoms with Crippen molar-refractivity contribution in [3.8, 4) is 0 Å². The predicted molar refractivity (Wildman–Crippen MR) is 74.3 cm³/mol. The van der Waals surface area contributed by atoms with Crippen molar-refractivity contribution in [3.05, 3.63) is 0 Å². The number of nitrogens with two attached hydrogens (primary N) is 1. The topological polar surface area (TPSA) is 46.3 Å². The van der Waals surface area contributed by atoms with Gasteiger partial charge in [-0.1, -0.05) is 26.7 Å². The number of unbranched alkanes of at least 4 members (excludes halogenated alkanes) is 1. The monoisotopic (exact) mass is 262 g/mol. The average Bonchev–Trinajstić information content (AvgIpc) is 2.78. The van der Waals surface area contributed by atoms with E-state index in [4.69, 9.17) is 5.73 Å². The molecule has 102 valence electrons. The molecule has 2 unspecified atom stereocenters. The molecule has 0 bridgehead atoms. The van der Waals surface area contributed by atoms with Gasteiger partial charge in [0.15, 0.2) is 0 Å². The number of carbonyl (C=O) groups is 1. The largest absolute Gasteiger partial charge is 0.342 e. The number of carbonyl (C=O) groups excluding carboxylic acids is 1. The maximum absolute atomic E-state index is 12.2. The average molecular weight is 263 g/mol. The second-order valence-electron chi connectivity index (χ2n) is 4.92. The van der Waals surface area contributed by atoms with Crippen LogP contribution < -0.4 is 5.73 Å². The number of rotatable bonds is 6. The van der Waals surface area contributed by atoms with Crippen LogP contribution >= 0.6 is 12.4 Å². The third-order valence-corrected chi connectivity index (χ3v) is 3.68. The van der Waals surface area contributed by atoms with E-state index in [1.807, 2.05) is 4.90 Å². The molecule has 0 saturated carbocycles. The van der Waals surface area contributed by atoms with Crippen LogP contribution in [0, 0.1) is 11.8 Å².